The highest BCUT2D eigenvalue weighted by Gasteiger charge is 2.52. The molecule has 1 saturated heterocycles. The van der Waals surface area contributed by atoms with Crippen LogP contribution in [0.2, 0.25) is 0 Å². The Balaban J connectivity index is 1.73. The van der Waals surface area contributed by atoms with Crippen LogP contribution in [-0.4, -0.2) is 48.0 Å². The number of amides is 2. The molecule has 1 aromatic rings. The number of likely N-dealkylation sites (tertiary alicyclic amines) is 1. The van der Waals surface area contributed by atoms with E-state index in [9.17, 15) is 9.59 Å². The van der Waals surface area contributed by atoms with E-state index in [-0.39, 0.29) is 16.9 Å². The van der Waals surface area contributed by atoms with Gasteiger partial charge in [-0.05, 0) is 77.4 Å². The zero-order valence-corrected chi connectivity index (χ0v) is 17.3. The highest BCUT2D eigenvalue weighted by molar-refractivity contribution is 7.10. The maximum atomic E-state index is 12.5. The van der Waals surface area contributed by atoms with Gasteiger partial charge < -0.3 is 4.74 Å². The van der Waals surface area contributed by atoms with Crippen molar-refractivity contribution in [2.45, 2.75) is 64.0 Å². The maximum Gasteiger partial charge on any atom is 0.417 e. The molecule has 0 atom stereocenters. The summed E-state index contributed by atoms with van der Waals surface area (Å²) in [4.78, 5) is 30.0. The molecule has 6 heteroatoms. The quantitative estimate of drug-likeness (QED) is 0.773. The van der Waals surface area contributed by atoms with Crippen LogP contribution in [-0.2, 0) is 15.1 Å². The van der Waals surface area contributed by atoms with Crippen LogP contribution in [0.25, 0.3) is 0 Å². The second-order valence-corrected chi connectivity index (χ2v) is 9.99. The van der Waals surface area contributed by atoms with Gasteiger partial charge in [-0.15, -0.1) is 11.3 Å². The van der Waals surface area contributed by atoms with Crippen molar-refractivity contribution in [1.82, 2.24) is 9.80 Å². The van der Waals surface area contributed by atoms with Gasteiger partial charge in [-0.3, -0.25) is 9.69 Å². The third kappa shape index (κ3) is 3.54. The average molecular weight is 379 g/mol. The number of imide groups is 1. The van der Waals surface area contributed by atoms with E-state index in [4.69, 9.17) is 4.74 Å². The Morgan fingerprint density at radius 1 is 1.23 bits per heavy atom. The van der Waals surface area contributed by atoms with Crippen LogP contribution in [0, 0.1) is 5.41 Å². The smallest absolute Gasteiger partial charge is 0.417 e. The number of thiophene rings is 1. The molecule has 5 nitrogen and oxygen atoms in total. The predicted octanol–water partition coefficient (Wildman–Crippen LogP) is 4.23. The first kappa shape index (κ1) is 19.4. The van der Waals surface area contributed by atoms with Crippen LogP contribution >= 0.6 is 11.3 Å². The van der Waals surface area contributed by atoms with Crippen molar-refractivity contribution in [3.8, 4) is 0 Å². The summed E-state index contributed by atoms with van der Waals surface area (Å²) in [5.74, 6) is -0.0901. The van der Waals surface area contributed by atoms with Crippen molar-refractivity contribution in [2.75, 3.05) is 20.6 Å². The summed E-state index contributed by atoms with van der Waals surface area (Å²) in [6, 6.07) is 4.33. The van der Waals surface area contributed by atoms with Gasteiger partial charge in [0.1, 0.15) is 5.60 Å². The van der Waals surface area contributed by atoms with Crippen molar-refractivity contribution >= 4 is 23.3 Å². The van der Waals surface area contributed by atoms with Crippen LogP contribution < -0.4 is 0 Å². The zero-order chi connectivity index (χ0) is 19.2. The number of carbonyl (C=O) groups is 2. The fourth-order valence-corrected chi connectivity index (χ4v) is 5.43. The minimum absolute atomic E-state index is 0.0435. The lowest BCUT2D eigenvalue weighted by molar-refractivity contribution is -0.127. The molecule has 1 aliphatic heterocycles. The molecule has 1 saturated carbocycles. The fourth-order valence-electron chi connectivity index (χ4n) is 4.37. The fraction of sp³-hybridized carbons (Fsp3) is 0.700. The number of nitrogens with zero attached hydrogens (tertiary/aromatic N) is 2. The molecule has 2 fully saturated rings. The molecule has 3 rings (SSSR count). The summed E-state index contributed by atoms with van der Waals surface area (Å²) in [5, 5.41) is 2.13. The molecule has 1 aliphatic carbocycles. The molecule has 1 spiro atoms. The molecular formula is C20H30N2O3S. The van der Waals surface area contributed by atoms with Crippen molar-refractivity contribution in [3.63, 3.8) is 0 Å². The van der Waals surface area contributed by atoms with Crippen LogP contribution in [0.3, 0.4) is 0 Å². The zero-order valence-electron chi connectivity index (χ0n) is 16.5. The van der Waals surface area contributed by atoms with E-state index in [0.29, 0.717) is 13.0 Å². The lowest BCUT2D eigenvalue weighted by Gasteiger charge is -2.48. The molecule has 2 heterocycles. The van der Waals surface area contributed by atoms with Gasteiger partial charge >= 0.3 is 6.09 Å². The molecule has 0 N–H and O–H groups in total. The molecule has 0 radical (unpaired) electrons. The lowest BCUT2D eigenvalue weighted by atomic mass is 9.66. The Bertz CT molecular complexity index is 668. The van der Waals surface area contributed by atoms with E-state index in [0.717, 1.165) is 25.7 Å². The third-order valence-electron chi connectivity index (χ3n) is 5.91. The van der Waals surface area contributed by atoms with Gasteiger partial charge in [-0.1, -0.05) is 6.07 Å². The van der Waals surface area contributed by atoms with E-state index < -0.39 is 11.7 Å². The summed E-state index contributed by atoms with van der Waals surface area (Å²) in [5.41, 5.74) is -0.633. The first-order valence-corrected chi connectivity index (χ1v) is 10.2. The van der Waals surface area contributed by atoms with Crippen molar-refractivity contribution in [3.05, 3.63) is 22.4 Å². The van der Waals surface area contributed by atoms with Gasteiger partial charge in [0.25, 0.3) is 0 Å². The average Bonchev–Trinajstić information content (AvgIpc) is 3.15. The van der Waals surface area contributed by atoms with Crippen molar-refractivity contribution in [1.29, 1.82) is 0 Å². The van der Waals surface area contributed by atoms with Gasteiger partial charge in [0.05, 0.1) is 5.54 Å². The SMILES string of the molecule is CN(C)C1(c2cccs2)CCC2(CC1)CC(=O)N(C(=O)OC(C)(C)C)C2. The Hall–Kier alpha value is -1.40. The van der Waals surface area contributed by atoms with E-state index in [1.807, 2.05) is 20.8 Å². The second-order valence-electron chi connectivity index (χ2n) is 9.04. The van der Waals surface area contributed by atoms with Gasteiger partial charge in [-0.25, -0.2) is 9.69 Å². The van der Waals surface area contributed by atoms with Crippen LogP contribution in [0.4, 0.5) is 4.79 Å². The topological polar surface area (TPSA) is 49.9 Å². The number of hydrogen-bond donors (Lipinski definition) is 0. The van der Waals surface area contributed by atoms with Gasteiger partial charge in [-0.2, -0.15) is 0 Å². The largest absolute Gasteiger partial charge is 0.443 e. The van der Waals surface area contributed by atoms with E-state index in [1.165, 1.54) is 9.78 Å². The molecule has 0 unspecified atom stereocenters. The van der Waals surface area contributed by atoms with Gasteiger partial charge in [0.2, 0.25) is 5.91 Å². The van der Waals surface area contributed by atoms with E-state index >= 15 is 0 Å². The molecule has 0 bridgehead atoms. The number of carbonyl (C=O) groups excluding carboxylic acids is 2. The second kappa shape index (κ2) is 6.64. The first-order valence-electron chi connectivity index (χ1n) is 9.32. The van der Waals surface area contributed by atoms with Gasteiger partial charge in [0, 0.05) is 17.8 Å². The molecule has 1 aromatic heterocycles. The third-order valence-corrected chi connectivity index (χ3v) is 6.97. The minimum atomic E-state index is -0.584. The number of ether oxygens (including phenoxy) is 1. The first-order chi connectivity index (χ1) is 12.1. The Labute approximate surface area is 160 Å². The summed E-state index contributed by atoms with van der Waals surface area (Å²) in [6.45, 7) is 5.98. The van der Waals surface area contributed by atoms with Crippen molar-refractivity contribution < 1.29 is 14.3 Å². The minimum Gasteiger partial charge on any atom is -0.443 e. The van der Waals surface area contributed by atoms with Crippen molar-refractivity contribution in [2.24, 2.45) is 5.41 Å². The molecular weight excluding hydrogens is 348 g/mol. The Morgan fingerprint density at radius 2 is 1.88 bits per heavy atom. The summed E-state index contributed by atoms with van der Waals surface area (Å²) >= 11 is 1.81. The summed E-state index contributed by atoms with van der Waals surface area (Å²) in [6.07, 6.45) is 3.89. The molecule has 26 heavy (non-hydrogen) atoms. The standard InChI is InChI=1S/C20H30N2O3S/c1-18(2,3)25-17(24)22-14-19(13-16(22)23)8-10-20(11-9-19,21(4)5)15-7-6-12-26-15/h6-7,12H,8-11,13-14H2,1-5H3. The Morgan fingerprint density at radius 3 is 2.38 bits per heavy atom. The Kier molecular flexibility index (Phi) is 4.95. The summed E-state index contributed by atoms with van der Waals surface area (Å²) in [7, 11) is 4.29. The van der Waals surface area contributed by atoms with Crippen LogP contribution in [0.15, 0.2) is 17.5 Å². The van der Waals surface area contributed by atoms with E-state index in [1.54, 1.807) is 11.3 Å². The number of rotatable bonds is 2. The lowest BCUT2D eigenvalue weighted by Crippen LogP contribution is -2.47. The highest BCUT2D eigenvalue weighted by Crippen LogP contribution is 2.52. The molecule has 144 valence electrons. The molecule has 0 aromatic carbocycles. The maximum absolute atomic E-state index is 12.5. The molecule has 2 aliphatic rings. The monoisotopic (exact) mass is 378 g/mol. The van der Waals surface area contributed by atoms with Crippen LogP contribution in [0.5, 0.6) is 0 Å². The van der Waals surface area contributed by atoms with Gasteiger partial charge in [0.15, 0.2) is 0 Å². The predicted molar refractivity (Wildman–Crippen MR) is 103 cm³/mol. The van der Waals surface area contributed by atoms with Crippen LogP contribution in [0.1, 0.15) is 57.8 Å². The highest BCUT2D eigenvalue weighted by atomic mass is 32.1. The molecule has 2 amide bonds. The summed E-state index contributed by atoms with van der Waals surface area (Å²) < 4.78 is 5.42. The van der Waals surface area contributed by atoms with E-state index in [2.05, 4.69) is 36.5 Å². The number of hydrogen-bond acceptors (Lipinski definition) is 5. The normalized spacial score (nSPS) is 29.6.